The van der Waals surface area contributed by atoms with E-state index in [1.54, 1.807) is 0 Å². The average Bonchev–Trinajstić information content (AvgIpc) is 3.37. The van der Waals surface area contributed by atoms with E-state index in [1.807, 2.05) is 0 Å². The Balaban J connectivity index is 4.40. The summed E-state index contributed by atoms with van der Waals surface area (Å²) >= 11 is 0. The monoisotopic (exact) mass is 989 g/mol. The topological polar surface area (TPSA) is 78.9 Å². The van der Waals surface area contributed by atoms with Gasteiger partial charge in [-0.1, -0.05) is 260 Å². The van der Waals surface area contributed by atoms with Crippen molar-refractivity contribution in [2.24, 2.45) is 0 Å². The second kappa shape index (κ2) is 59.2. The number of hydrogen-bond acceptors (Lipinski definition) is 6. The lowest BCUT2D eigenvalue weighted by molar-refractivity contribution is -0.167. The van der Waals surface area contributed by atoms with Crippen molar-refractivity contribution in [3.8, 4) is 0 Å². The van der Waals surface area contributed by atoms with Crippen molar-refractivity contribution in [3.63, 3.8) is 0 Å². The molecule has 0 amide bonds. The molecule has 0 aromatic carbocycles. The highest BCUT2D eigenvalue weighted by molar-refractivity contribution is 5.71. The number of rotatable bonds is 54. The van der Waals surface area contributed by atoms with Gasteiger partial charge in [0.25, 0.3) is 0 Å². The van der Waals surface area contributed by atoms with Gasteiger partial charge in [-0.25, -0.2) is 0 Å². The van der Waals surface area contributed by atoms with Gasteiger partial charge in [-0.3, -0.25) is 14.4 Å². The molecule has 0 bridgehead atoms. The highest BCUT2D eigenvalue weighted by Crippen LogP contribution is 2.16. The Hall–Kier alpha value is -3.41. The van der Waals surface area contributed by atoms with Crippen LogP contribution in [0.2, 0.25) is 0 Å². The van der Waals surface area contributed by atoms with E-state index < -0.39 is 6.10 Å². The maximum Gasteiger partial charge on any atom is 0.306 e. The summed E-state index contributed by atoms with van der Waals surface area (Å²) in [6.45, 7) is 6.50. The standard InChI is InChI=1S/C65H112O6/c1-4-7-10-13-16-19-22-25-27-29-31-32-34-35-37-40-43-46-49-52-55-58-64(67)70-61-62(60-69-63(66)57-54-51-48-45-42-39-24-21-18-15-12-9-6-3)71-65(68)59-56-53-50-47-44-41-38-36-33-30-28-26-23-20-17-14-11-8-5-2/h7,10,16-17,19-20,25-28,31-32,35,37,62H,4-6,8-9,11-15,18,21-24,29-30,33-34,36,38-61H2,1-3H3/b10-7-,19-16-,20-17-,27-25-,28-26-,32-31-,37-35-. The zero-order valence-electron chi connectivity index (χ0n) is 46.7. The van der Waals surface area contributed by atoms with E-state index in [1.165, 1.54) is 135 Å². The van der Waals surface area contributed by atoms with Crippen LogP contribution in [0.1, 0.15) is 290 Å². The third-order valence-electron chi connectivity index (χ3n) is 12.9. The minimum absolute atomic E-state index is 0.0823. The largest absolute Gasteiger partial charge is 0.462 e. The van der Waals surface area contributed by atoms with Crippen molar-refractivity contribution in [1.82, 2.24) is 0 Å². The third-order valence-corrected chi connectivity index (χ3v) is 12.9. The van der Waals surface area contributed by atoms with Crippen LogP contribution in [-0.4, -0.2) is 37.2 Å². The van der Waals surface area contributed by atoms with Gasteiger partial charge in [0.2, 0.25) is 0 Å². The lowest BCUT2D eigenvalue weighted by atomic mass is 10.0. The van der Waals surface area contributed by atoms with Crippen molar-refractivity contribution in [3.05, 3.63) is 85.1 Å². The zero-order valence-corrected chi connectivity index (χ0v) is 46.7. The van der Waals surface area contributed by atoms with E-state index in [4.69, 9.17) is 14.2 Å². The summed E-state index contributed by atoms with van der Waals surface area (Å²) in [6, 6.07) is 0. The smallest absolute Gasteiger partial charge is 0.306 e. The summed E-state index contributed by atoms with van der Waals surface area (Å²) in [5.41, 5.74) is 0. The quantitative estimate of drug-likeness (QED) is 0.0261. The Bertz CT molecular complexity index is 1370. The fourth-order valence-electron chi connectivity index (χ4n) is 8.38. The second-order valence-electron chi connectivity index (χ2n) is 19.9. The zero-order chi connectivity index (χ0) is 51.4. The molecule has 0 fully saturated rings. The van der Waals surface area contributed by atoms with Gasteiger partial charge in [-0.05, 0) is 96.3 Å². The van der Waals surface area contributed by atoms with E-state index in [0.717, 1.165) is 116 Å². The second-order valence-corrected chi connectivity index (χ2v) is 19.9. The molecular formula is C65H112O6. The molecule has 6 heteroatoms. The maximum absolute atomic E-state index is 12.9. The molecule has 0 aromatic rings. The van der Waals surface area contributed by atoms with Gasteiger partial charge in [0.15, 0.2) is 6.10 Å². The molecule has 1 atom stereocenters. The summed E-state index contributed by atoms with van der Waals surface area (Å²) < 4.78 is 16.9. The van der Waals surface area contributed by atoms with E-state index >= 15 is 0 Å². The number of unbranched alkanes of at least 4 members (excludes halogenated alkanes) is 29. The number of carbonyl (C=O) groups excluding carboxylic acids is 3. The van der Waals surface area contributed by atoms with E-state index in [2.05, 4.69) is 106 Å². The highest BCUT2D eigenvalue weighted by atomic mass is 16.6. The lowest BCUT2D eigenvalue weighted by Gasteiger charge is -2.18. The van der Waals surface area contributed by atoms with Gasteiger partial charge in [0.1, 0.15) is 13.2 Å². The molecule has 1 unspecified atom stereocenters. The number of esters is 3. The predicted octanol–water partition coefficient (Wildman–Crippen LogP) is 20.3. The molecule has 0 aliphatic rings. The van der Waals surface area contributed by atoms with Gasteiger partial charge in [-0.15, -0.1) is 0 Å². The Morgan fingerprint density at radius 1 is 0.296 bits per heavy atom. The molecule has 6 nitrogen and oxygen atoms in total. The van der Waals surface area contributed by atoms with Gasteiger partial charge < -0.3 is 14.2 Å². The van der Waals surface area contributed by atoms with Gasteiger partial charge >= 0.3 is 17.9 Å². The lowest BCUT2D eigenvalue weighted by Crippen LogP contribution is -2.30. The fourth-order valence-corrected chi connectivity index (χ4v) is 8.38. The number of ether oxygens (including phenoxy) is 3. The molecule has 408 valence electrons. The number of carbonyl (C=O) groups is 3. The van der Waals surface area contributed by atoms with Crippen LogP contribution in [0, 0.1) is 0 Å². The molecule has 0 aromatic heterocycles. The molecule has 0 radical (unpaired) electrons. The SMILES string of the molecule is CC/C=C\C/C=C\C/C=C\C/C=C\C/C=C\CCCCCCCC(=O)OCC(COC(=O)CCCCCCCCCCCCCCC)OC(=O)CCCCCCCCCCC/C=C\C/C=C\CCCCC. The van der Waals surface area contributed by atoms with Crippen molar-refractivity contribution >= 4 is 17.9 Å². The van der Waals surface area contributed by atoms with Crippen molar-refractivity contribution in [2.75, 3.05) is 13.2 Å². The minimum atomic E-state index is -0.786. The highest BCUT2D eigenvalue weighted by Gasteiger charge is 2.19. The van der Waals surface area contributed by atoms with Gasteiger partial charge in [0, 0.05) is 19.3 Å². The van der Waals surface area contributed by atoms with Crippen molar-refractivity contribution < 1.29 is 28.6 Å². The number of hydrogen-bond donors (Lipinski definition) is 0. The Morgan fingerprint density at radius 3 is 0.887 bits per heavy atom. The molecule has 0 spiro atoms. The number of allylic oxidation sites excluding steroid dienone is 14. The molecule has 0 heterocycles. The molecule has 71 heavy (non-hydrogen) atoms. The molecule has 0 rings (SSSR count). The first-order valence-corrected chi connectivity index (χ1v) is 30.1. The maximum atomic E-state index is 12.9. The average molecular weight is 990 g/mol. The van der Waals surface area contributed by atoms with Crippen LogP contribution in [0.15, 0.2) is 85.1 Å². The normalized spacial score (nSPS) is 12.7. The van der Waals surface area contributed by atoms with Gasteiger partial charge in [-0.2, -0.15) is 0 Å². The molecule has 0 saturated carbocycles. The van der Waals surface area contributed by atoms with Crippen LogP contribution in [0.5, 0.6) is 0 Å². The van der Waals surface area contributed by atoms with Crippen LogP contribution >= 0.6 is 0 Å². The summed E-state index contributed by atoms with van der Waals surface area (Å²) in [5.74, 6) is -0.897. The summed E-state index contributed by atoms with van der Waals surface area (Å²) in [5, 5.41) is 0. The van der Waals surface area contributed by atoms with E-state index in [9.17, 15) is 14.4 Å². The Morgan fingerprint density at radius 2 is 0.549 bits per heavy atom. The van der Waals surface area contributed by atoms with Crippen molar-refractivity contribution in [2.45, 2.75) is 297 Å². The first-order valence-electron chi connectivity index (χ1n) is 30.1. The first-order chi connectivity index (χ1) is 35.0. The molecule has 0 saturated heterocycles. The first kappa shape index (κ1) is 67.6. The van der Waals surface area contributed by atoms with Crippen LogP contribution < -0.4 is 0 Å². The molecule has 0 aliphatic carbocycles. The molecular weight excluding hydrogens is 877 g/mol. The molecule has 0 N–H and O–H groups in total. The van der Waals surface area contributed by atoms with Crippen molar-refractivity contribution in [1.29, 1.82) is 0 Å². The Labute approximate surface area is 439 Å². The van der Waals surface area contributed by atoms with Crippen LogP contribution in [0.3, 0.4) is 0 Å². The summed E-state index contributed by atoms with van der Waals surface area (Å²) in [7, 11) is 0. The van der Waals surface area contributed by atoms with E-state index in [0.29, 0.717) is 19.3 Å². The minimum Gasteiger partial charge on any atom is -0.462 e. The van der Waals surface area contributed by atoms with Crippen LogP contribution in [0.25, 0.3) is 0 Å². The fraction of sp³-hybridized carbons (Fsp3) is 0.738. The van der Waals surface area contributed by atoms with Crippen LogP contribution in [0.4, 0.5) is 0 Å². The third kappa shape index (κ3) is 57.4. The summed E-state index contributed by atoms with van der Waals surface area (Å²) in [4.78, 5) is 38.2. The Kier molecular flexibility index (Phi) is 56.3. The van der Waals surface area contributed by atoms with Gasteiger partial charge in [0.05, 0.1) is 0 Å². The molecule has 0 aliphatic heterocycles. The van der Waals surface area contributed by atoms with E-state index in [-0.39, 0.29) is 31.1 Å². The van der Waals surface area contributed by atoms with Crippen LogP contribution in [-0.2, 0) is 28.6 Å². The summed E-state index contributed by atoms with van der Waals surface area (Å²) in [6.07, 6.45) is 77.1. The predicted molar refractivity (Wildman–Crippen MR) is 307 cm³/mol.